The van der Waals surface area contributed by atoms with Crippen LogP contribution >= 0.6 is 11.3 Å². The van der Waals surface area contributed by atoms with E-state index in [0.717, 1.165) is 21.4 Å². The molecule has 0 radical (unpaired) electrons. The van der Waals surface area contributed by atoms with Crippen LogP contribution in [0.3, 0.4) is 0 Å². The molecule has 0 bridgehead atoms. The highest BCUT2D eigenvalue weighted by Crippen LogP contribution is 2.39. The summed E-state index contributed by atoms with van der Waals surface area (Å²) in [5.41, 5.74) is 0.630. The number of alkyl halides is 2. The molecule has 0 fully saturated rings. The predicted molar refractivity (Wildman–Crippen MR) is 123 cm³/mol. The number of hydrogen-bond donors (Lipinski definition) is 1. The number of hydrogen-bond acceptors (Lipinski definition) is 5. The highest BCUT2D eigenvalue weighted by molar-refractivity contribution is 7.22. The second kappa shape index (κ2) is 9.54. The Morgan fingerprint density at radius 3 is 2.59 bits per heavy atom. The highest BCUT2D eigenvalue weighted by atomic mass is 32.1. The zero-order valence-electron chi connectivity index (χ0n) is 18.7. The normalized spacial score (nSPS) is 12.1. The van der Waals surface area contributed by atoms with Crippen LogP contribution in [0.25, 0.3) is 20.7 Å². The van der Waals surface area contributed by atoms with Gasteiger partial charge >= 0.3 is 11.8 Å². The molecule has 3 aromatic rings. The van der Waals surface area contributed by atoms with E-state index in [0.29, 0.717) is 41.5 Å². The Bertz CT molecular complexity index is 1220. The van der Waals surface area contributed by atoms with Gasteiger partial charge in [0.1, 0.15) is 10.6 Å². The molecule has 0 amide bonds. The van der Waals surface area contributed by atoms with Crippen LogP contribution in [-0.4, -0.2) is 27.0 Å². The number of ether oxygens (including phenoxy) is 1. The maximum Gasteiger partial charge on any atom is 0.394 e. The monoisotopic (exact) mass is 466 g/mol. The zero-order valence-corrected chi connectivity index (χ0v) is 19.5. The summed E-state index contributed by atoms with van der Waals surface area (Å²) in [6, 6.07) is 6.40. The Morgan fingerprint density at radius 1 is 1.25 bits per heavy atom. The van der Waals surface area contributed by atoms with Crippen LogP contribution in [0.4, 0.5) is 8.78 Å². The summed E-state index contributed by atoms with van der Waals surface area (Å²) < 4.78 is 34.1. The number of halogens is 2. The molecule has 0 atom stereocenters. The zero-order chi connectivity index (χ0) is 23.6. The van der Waals surface area contributed by atoms with E-state index in [2.05, 4.69) is 13.8 Å². The third kappa shape index (κ3) is 5.10. The van der Waals surface area contributed by atoms with E-state index < -0.39 is 11.8 Å². The Kier molecular flexibility index (Phi) is 7.19. The number of benzene rings is 1. The van der Waals surface area contributed by atoms with Crippen LogP contribution in [0.1, 0.15) is 39.2 Å². The van der Waals surface area contributed by atoms with Gasteiger partial charge in [-0.1, -0.05) is 26.0 Å². The molecule has 32 heavy (non-hydrogen) atoms. The fraction of sp³-hybridized carbons (Fsp3) is 0.478. The van der Waals surface area contributed by atoms with Crippen molar-refractivity contribution in [1.82, 2.24) is 9.13 Å². The Labute approximate surface area is 188 Å². The Morgan fingerprint density at radius 2 is 1.97 bits per heavy atom. The van der Waals surface area contributed by atoms with Gasteiger partial charge in [0.15, 0.2) is 0 Å². The van der Waals surface area contributed by atoms with Gasteiger partial charge in [-0.25, -0.2) is 4.79 Å². The molecule has 2 heterocycles. The second-order valence-electron chi connectivity index (χ2n) is 8.34. The predicted octanol–water partition coefficient (Wildman–Crippen LogP) is 4.39. The van der Waals surface area contributed by atoms with Gasteiger partial charge in [0.25, 0.3) is 5.56 Å². The van der Waals surface area contributed by atoms with E-state index in [4.69, 9.17) is 9.84 Å². The maximum absolute atomic E-state index is 13.4. The summed E-state index contributed by atoms with van der Waals surface area (Å²) in [5.74, 6) is 0.409. The van der Waals surface area contributed by atoms with E-state index in [-0.39, 0.29) is 24.5 Å². The topological polar surface area (TPSA) is 73.5 Å². The minimum absolute atomic E-state index is 0.0245. The van der Waals surface area contributed by atoms with Gasteiger partial charge in [-0.05, 0) is 48.4 Å². The molecule has 1 aromatic carbocycles. The van der Waals surface area contributed by atoms with E-state index in [1.807, 2.05) is 0 Å². The van der Waals surface area contributed by atoms with E-state index in [1.165, 1.54) is 28.0 Å². The van der Waals surface area contributed by atoms with Crippen molar-refractivity contribution in [2.75, 3.05) is 6.61 Å². The minimum atomic E-state index is -3.32. The first kappa shape index (κ1) is 24.1. The van der Waals surface area contributed by atoms with Crippen LogP contribution in [0.2, 0.25) is 0 Å². The van der Waals surface area contributed by atoms with Gasteiger partial charge in [0.2, 0.25) is 0 Å². The standard InChI is InChI=1S/C23H28F2N2O4S/c1-14(2)9-10-17-18-20(29)27(11-6-12-28)22(30)26(4)21(18)32-19(17)15-7-5-8-16(13-15)31-23(3,24)25/h5,7-8,13-14,28H,6,9-12H2,1-4H3. The molecule has 2 aromatic heterocycles. The summed E-state index contributed by atoms with van der Waals surface area (Å²) in [5, 5.41) is 9.63. The molecule has 9 heteroatoms. The number of nitrogens with zero attached hydrogens (tertiary/aromatic N) is 2. The van der Waals surface area contributed by atoms with Gasteiger partial charge in [0.05, 0.1) is 5.39 Å². The van der Waals surface area contributed by atoms with E-state index in [9.17, 15) is 18.4 Å². The number of aryl methyl sites for hydroxylation is 2. The number of aromatic nitrogens is 2. The lowest BCUT2D eigenvalue weighted by molar-refractivity contribution is -0.158. The highest BCUT2D eigenvalue weighted by Gasteiger charge is 2.25. The summed E-state index contributed by atoms with van der Waals surface area (Å²) in [7, 11) is 1.61. The molecule has 0 aliphatic carbocycles. The quantitative estimate of drug-likeness (QED) is 0.508. The van der Waals surface area contributed by atoms with Crippen molar-refractivity contribution < 1.29 is 18.6 Å². The van der Waals surface area contributed by atoms with Gasteiger partial charge in [-0.2, -0.15) is 8.78 Å². The average molecular weight is 467 g/mol. The summed E-state index contributed by atoms with van der Waals surface area (Å²) >= 11 is 1.30. The van der Waals surface area contributed by atoms with Crippen LogP contribution < -0.4 is 16.0 Å². The molecule has 0 aliphatic heterocycles. The van der Waals surface area contributed by atoms with Crippen LogP contribution in [0.15, 0.2) is 33.9 Å². The van der Waals surface area contributed by atoms with Crippen molar-refractivity contribution in [2.24, 2.45) is 13.0 Å². The van der Waals surface area contributed by atoms with Crippen molar-refractivity contribution in [1.29, 1.82) is 0 Å². The summed E-state index contributed by atoms with van der Waals surface area (Å²) in [6.45, 7) is 4.85. The van der Waals surface area contributed by atoms with Crippen LogP contribution in [-0.2, 0) is 20.0 Å². The molecule has 3 rings (SSSR count). The van der Waals surface area contributed by atoms with E-state index >= 15 is 0 Å². The molecule has 0 unspecified atom stereocenters. The van der Waals surface area contributed by atoms with Crippen LogP contribution in [0, 0.1) is 5.92 Å². The number of fused-ring (bicyclic) bond motifs is 1. The Hall–Kier alpha value is -2.52. The maximum atomic E-state index is 13.4. The fourth-order valence-electron chi connectivity index (χ4n) is 3.64. The number of aliphatic hydroxyl groups excluding tert-OH is 1. The van der Waals surface area contributed by atoms with Crippen molar-refractivity contribution in [3.8, 4) is 16.2 Å². The van der Waals surface area contributed by atoms with Crippen LogP contribution in [0.5, 0.6) is 5.75 Å². The molecule has 174 valence electrons. The van der Waals surface area contributed by atoms with Gasteiger partial charge < -0.3 is 9.84 Å². The minimum Gasteiger partial charge on any atom is -0.433 e. The number of thiophene rings is 1. The van der Waals surface area contributed by atoms with Crippen molar-refractivity contribution in [3.63, 3.8) is 0 Å². The van der Waals surface area contributed by atoms with E-state index in [1.54, 1.807) is 19.2 Å². The lowest BCUT2D eigenvalue weighted by Gasteiger charge is -2.14. The molecule has 0 saturated carbocycles. The third-order valence-electron chi connectivity index (χ3n) is 5.17. The van der Waals surface area contributed by atoms with Gasteiger partial charge in [-0.15, -0.1) is 11.3 Å². The molecular formula is C23H28F2N2O4S. The number of aliphatic hydroxyl groups is 1. The molecule has 0 saturated heterocycles. The van der Waals surface area contributed by atoms with Crippen molar-refractivity contribution in [3.05, 3.63) is 50.7 Å². The first-order valence-electron chi connectivity index (χ1n) is 10.6. The molecule has 0 aliphatic rings. The largest absolute Gasteiger partial charge is 0.433 e. The van der Waals surface area contributed by atoms with Crippen molar-refractivity contribution in [2.45, 2.75) is 52.7 Å². The average Bonchev–Trinajstić information content (AvgIpc) is 3.09. The molecule has 0 spiro atoms. The molecule has 1 N–H and O–H groups in total. The van der Waals surface area contributed by atoms with Crippen molar-refractivity contribution >= 4 is 21.6 Å². The lowest BCUT2D eigenvalue weighted by atomic mass is 9.98. The van der Waals surface area contributed by atoms with Gasteiger partial charge in [-0.3, -0.25) is 13.9 Å². The second-order valence-corrected chi connectivity index (χ2v) is 9.33. The summed E-state index contributed by atoms with van der Waals surface area (Å²) in [6.07, 6.45) is -1.59. The third-order valence-corrected chi connectivity index (χ3v) is 6.53. The fourth-order valence-corrected chi connectivity index (χ4v) is 4.93. The molecule has 6 nitrogen and oxygen atoms in total. The Balaban J connectivity index is 2.27. The molecular weight excluding hydrogens is 438 g/mol. The smallest absolute Gasteiger partial charge is 0.394 e. The lowest BCUT2D eigenvalue weighted by Crippen LogP contribution is -2.39. The van der Waals surface area contributed by atoms with Gasteiger partial charge in [0, 0.05) is 32.0 Å². The first-order chi connectivity index (χ1) is 15.0. The number of rotatable bonds is 9. The first-order valence-corrected chi connectivity index (χ1v) is 11.4. The SMILES string of the molecule is CC(C)CCc1c(-c2cccc(OC(C)(F)F)c2)sc2c1c(=O)n(CCCO)c(=O)n2C. The summed E-state index contributed by atoms with van der Waals surface area (Å²) in [4.78, 5) is 27.4.